The predicted molar refractivity (Wildman–Crippen MR) is 129 cm³/mol. The van der Waals surface area contributed by atoms with Crippen molar-refractivity contribution in [1.29, 1.82) is 0 Å². The number of ether oxygens (including phenoxy) is 2. The van der Waals surface area contributed by atoms with Crippen molar-refractivity contribution in [2.24, 2.45) is 0 Å². The van der Waals surface area contributed by atoms with Crippen LogP contribution in [0.3, 0.4) is 0 Å². The van der Waals surface area contributed by atoms with E-state index in [0.29, 0.717) is 40.3 Å². The first kappa shape index (κ1) is 23.7. The molecule has 8 nitrogen and oxygen atoms in total. The lowest BCUT2D eigenvalue weighted by Crippen LogP contribution is -2.13. The number of nitrogens with one attached hydrogen (secondary N) is 2. The van der Waals surface area contributed by atoms with Crippen LogP contribution >= 0.6 is 0 Å². The van der Waals surface area contributed by atoms with Gasteiger partial charge in [0.05, 0.1) is 23.5 Å². The summed E-state index contributed by atoms with van der Waals surface area (Å²) in [6.07, 6.45) is 2.91. The van der Waals surface area contributed by atoms with E-state index in [1.54, 1.807) is 48.7 Å². The second kappa shape index (κ2) is 10.7. The van der Waals surface area contributed by atoms with E-state index < -0.39 is 11.7 Å². The lowest BCUT2D eigenvalue weighted by Gasteiger charge is -2.15. The van der Waals surface area contributed by atoms with Gasteiger partial charge in [-0.1, -0.05) is 18.7 Å². The summed E-state index contributed by atoms with van der Waals surface area (Å²) in [5, 5.41) is 6.14. The number of hydrogen-bond acceptors (Lipinski definition) is 7. The van der Waals surface area contributed by atoms with E-state index in [1.165, 1.54) is 19.5 Å². The number of aromatic nitrogens is 3. The molecule has 2 heterocycles. The summed E-state index contributed by atoms with van der Waals surface area (Å²) >= 11 is 0. The highest BCUT2D eigenvalue weighted by Crippen LogP contribution is 2.34. The number of carbonyl (C=O) groups is 1. The quantitative estimate of drug-likeness (QED) is 0.258. The molecule has 0 atom stereocenters. The molecule has 0 fully saturated rings. The maximum absolute atomic E-state index is 14.2. The molecule has 0 saturated heterocycles. The van der Waals surface area contributed by atoms with Gasteiger partial charge in [0, 0.05) is 36.0 Å². The largest absolute Gasteiger partial charge is 0.489 e. The van der Waals surface area contributed by atoms with Crippen molar-refractivity contribution in [1.82, 2.24) is 15.0 Å². The van der Waals surface area contributed by atoms with E-state index in [4.69, 9.17) is 9.47 Å². The van der Waals surface area contributed by atoms with E-state index in [0.717, 1.165) is 0 Å². The number of nitrogens with zero attached hydrogens (tertiary/aromatic N) is 3. The van der Waals surface area contributed by atoms with Crippen molar-refractivity contribution >= 4 is 34.0 Å². The third-order valence-corrected chi connectivity index (χ3v) is 4.95. The van der Waals surface area contributed by atoms with Gasteiger partial charge in [-0.15, -0.1) is 0 Å². The van der Waals surface area contributed by atoms with Crippen LogP contribution in [0.1, 0.15) is 0 Å². The number of carbonyl (C=O) groups excluding carboxylic acids is 1. The fourth-order valence-electron chi connectivity index (χ4n) is 3.29. The van der Waals surface area contributed by atoms with Crippen molar-refractivity contribution in [2.75, 3.05) is 31.0 Å². The molecular formula is C25H21F2N5O3. The van der Waals surface area contributed by atoms with Gasteiger partial charge < -0.3 is 20.1 Å². The summed E-state index contributed by atoms with van der Waals surface area (Å²) in [7, 11) is 1.53. The predicted octanol–water partition coefficient (Wildman–Crippen LogP) is 5.02. The summed E-state index contributed by atoms with van der Waals surface area (Å²) in [5.41, 5.74) is 2.11. The fraction of sp³-hybridized carbons (Fsp3) is 0.120. The van der Waals surface area contributed by atoms with Gasteiger partial charge in [0.1, 0.15) is 30.3 Å². The molecule has 0 bridgehead atoms. The van der Waals surface area contributed by atoms with Crippen LogP contribution < -0.4 is 15.4 Å². The fourth-order valence-corrected chi connectivity index (χ4v) is 3.29. The van der Waals surface area contributed by atoms with Crippen molar-refractivity contribution in [2.45, 2.75) is 0 Å². The number of rotatable bonds is 9. The zero-order valence-electron chi connectivity index (χ0n) is 18.7. The van der Waals surface area contributed by atoms with Gasteiger partial charge in [-0.2, -0.15) is 0 Å². The number of benzene rings is 2. The minimum atomic E-state index is -1.15. The number of halogens is 2. The van der Waals surface area contributed by atoms with Crippen LogP contribution in [0, 0.1) is 5.82 Å². The molecule has 0 spiro atoms. The maximum Gasteiger partial charge on any atom is 0.283 e. The Balaban J connectivity index is 1.72. The molecule has 0 aliphatic rings. The zero-order valence-corrected chi connectivity index (χ0v) is 18.7. The second-order valence-electron chi connectivity index (χ2n) is 7.32. The number of pyridine rings is 1. The van der Waals surface area contributed by atoms with E-state index in [-0.39, 0.29) is 23.9 Å². The normalized spacial score (nSPS) is 10.7. The molecule has 0 unspecified atom stereocenters. The monoisotopic (exact) mass is 477 g/mol. The Labute approximate surface area is 199 Å². The molecule has 0 aliphatic heterocycles. The molecule has 4 rings (SSSR count). The molecule has 35 heavy (non-hydrogen) atoms. The van der Waals surface area contributed by atoms with E-state index >= 15 is 0 Å². The summed E-state index contributed by atoms with van der Waals surface area (Å²) in [6.45, 7) is 3.53. The van der Waals surface area contributed by atoms with Crippen LogP contribution in [-0.2, 0) is 9.53 Å². The third-order valence-electron chi connectivity index (χ3n) is 4.95. The lowest BCUT2D eigenvalue weighted by atomic mass is 10.1. The van der Waals surface area contributed by atoms with Crippen molar-refractivity contribution in [3.63, 3.8) is 0 Å². The Morgan fingerprint density at radius 2 is 1.91 bits per heavy atom. The summed E-state index contributed by atoms with van der Waals surface area (Å²) in [4.78, 5) is 24.8. The second-order valence-corrected chi connectivity index (χ2v) is 7.32. The first-order valence-electron chi connectivity index (χ1n) is 10.5. The standard InChI is InChI=1S/C25H21F2N5O3/c1-15(26)25(33)32-22-12-18-21(13-23(22)35-10-9-34-2)29-14-30-24(18)31-16-7-8-28-20(11-16)17-5-3-4-6-19(17)27/h3-8,11-14H,1,9-10H2,2H3,(H,32,33)(H,28,29,30,31). The smallest absolute Gasteiger partial charge is 0.283 e. The van der Waals surface area contributed by atoms with E-state index in [1.807, 2.05) is 0 Å². The molecule has 178 valence electrons. The average Bonchev–Trinajstić information content (AvgIpc) is 2.85. The number of hydrogen-bond donors (Lipinski definition) is 2. The number of methoxy groups -OCH3 is 1. The highest BCUT2D eigenvalue weighted by atomic mass is 19.1. The first-order valence-corrected chi connectivity index (χ1v) is 10.5. The lowest BCUT2D eigenvalue weighted by molar-refractivity contribution is -0.114. The maximum atomic E-state index is 14.2. The molecule has 2 aromatic carbocycles. The van der Waals surface area contributed by atoms with Gasteiger partial charge in [0.25, 0.3) is 5.91 Å². The molecule has 2 N–H and O–H groups in total. The van der Waals surface area contributed by atoms with Crippen LogP contribution in [0.25, 0.3) is 22.2 Å². The van der Waals surface area contributed by atoms with Crippen molar-refractivity contribution in [3.8, 4) is 17.0 Å². The molecule has 4 aromatic rings. The Morgan fingerprint density at radius 3 is 2.69 bits per heavy atom. The van der Waals surface area contributed by atoms with Gasteiger partial charge in [-0.25, -0.2) is 18.7 Å². The molecule has 0 aliphatic carbocycles. The van der Waals surface area contributed by atoms with Gasteiger partial charge in [0.15, 0.2) is 5.83 Å². The molecule has 0 saturated carbocycles. The Hall–Kier alpha value is -4.44. The van der Waals surface area contributed by atoms with Crippen molar-refractivity contribution < 1.29 is 23.0 Å². The van der Waals surface area contributed by atoms with Crippen LogP contribution in [-0.4, -0.2) is 41.2 Å². The average molecular weight is 477 g/mol. The van der Waals surface area contributed by atoms with Crippen molar-refractivity contribution in [3.05, 3.63) is 79.3 Å². The van der Waals surface area contributed by atoms with E-state index in [9.17, 15) is 13.6 Å². The highest BCUT2D eigenvalue weighted by molar-refractivity contribution is 6.05. The molecule has 0 radical (unpaired) electrons. The minimum absolute atomic E-state index is 0.202. The SMILES string of the molecule is C=C(F)C(=O)Nc1cc2c(Nc3ccnc(-c4ccccc4F)c3)ncnc2cc1OCCOC. The van der Waals surface area contributed by atoms with Gasteiger partial charge in [0.2, 0.25) is 0 Å². The van der Waals surface area contributed by atoms with Gasteiger partial charge >= 0.3 is 0 Å². The van der Waals surface area contributed by atoms with Crippen LogP contribution in [0.15, 0.2) is 73.5 Å². The highest BCUT2D eigenvalue weighted by Gasteiger charge is 2.16. The molecule has 2 aromatic heterocycles. The third kappa shape index (κ3) is 5.56. The van der Waals surface area contributed by atoms with Crippen LogP contribution in [0.5, 0.6) is 5.75 Å². The molecular weight excluding hydrogens is 456 g/mol. The number of fused-ring (bicyclic) bond motifs is 1. The summed E-state index contributed by atoms with van der Waals surface area (Å²) in [5.74, 6) is -1.86. The summed E-state index contributed by atoms with van der Waals surface area (Å²) < 4.78 is 38.3. The molecule has 10 heteroatoms. The summed E-state index contributed by atoms with van der Waals surface area (Å²) in [6, 6.07) is 12.9. The Bertz CT molecular complexity index is 1400. The van der Waals surface area contributed by atoms with Crippen LogP contribution in [0.4, 0.5) is 26.0 Å². The van der Waals surface area contributed by atoms with Crippen LogP contribution in [0.2, 0.25) is 0 Å². The van der Waals surface area contributed by atoms with Gasteiger partial charge in [-0.05, 0) is 30.3 Å². The Kier molecular flexibility index (Phi) is 7.22. The zero-order chi connectivity index (χ0) is 24.8. The van der Waals surface area contributed by atoms with E-state index in [2.05, 4.69) is 32.2 Å². The van der Waals surface area contributed by atoms with Gasteiger partial charge in [-0.3, -0.25) is 9.78 Å². The minimum Gasteiger partial charge on any atom is -0.489 e. The first-order chi connectivity index (χ1) is 17.0. The topological polar surface area (TPSA) is 98.3 Å². The number of anilines is 3. The molecule has 1 amide bonds. The number of amides is 1. The Morgan fingerprint density at radius 1 is 1.09 bits per heavy atom.